The second kappa shape index (κ2) is 31.0. The first-order valence-electron chi connectivity index (χ1n) is 29.5. The molecule has 434 valence electrons. The molecule has 19 heteroatoms. The highest BCUT2D eigenvalue weighted by atomic mass is 16.8. The van der Waals surface area contributed by atoms with Crippen molar-refractivity contribution < 1.29 is 77.1 Å². The Morgan fingerprint density at radius 1 is 0.480 bits per heavy atom. The van der Waals surface area contributed by atoms with Gasteiger partial charge in [0.25, 0.3) is 0 Å². The SMILES string of the molecule is CCCCCCCC1CC1C(=O)OCC1O[C@@H](O[C@H]2C(COC(=O)C3CC3CCCCCCC)O[C@@H](O[C@H]3C(COC(=O)C4CC4CCCCCCC)O[C@@H](OC(C)C)C(N)C3O)C(N)C2O)C(N)C(O)[C@H]1OCC. The van der Waals surface area contributed by atoms with Crippen LogP contribution in [0.15, 0.2) is 0 Å². The van der Waals surface area contributed by atoms with Crippen LogP contribution in [0.2, 0.25) is 0 Å². The number of rotatable bonds is 35. The molecule has 0 radical (unpaired) electrons. The summed E-state index contributed by atoms with van der Waals surface area (Å²) in [7, 11) is 0. The van der Waals surface area contributed by atoms with Gasteiger partial charge in [0.15, 0.2) is 18.9 Å². The lowest BCUT2D eigenvalue weighted by Crippen LogP contribution is -2.69. The van der Waals surface area contributed by atoms with Gasteiger partial charge in [-0.2, -0.15) is 0 Å². The number of carbonyl (C=O) groups excluding carboxylic acids is 3. The number of carbonyl (C=O) groups is 3. The molecule has 19 nitrogen and oxygen atoms in total. The number of nitrogens with two attached hydrogens (primary N) is 3. The van der Waals surface area contributed by atoms with E-state index in [1.807, 2.05) is 0 Å². The largest absolute Gasteiger partial charge is 0.463 e. The summed E-state index contributed by atoms with van der Waals surface area (Å²) in [6.07, 6.45) is 6.42. The van der Waals surface area contributed by atoms with Crippen LogP contribution in [-0.4, -0.2) is 158 Å². The highest BCUT2D eigenvalue weighted by Gasteiger charge is 2.55. The third-order valence-electron chi connectivity index (χ3n) is 16.4. The summed E-state index contributed by atoms with van der Waals surface area (Å²) in [4.78, 5) is 40.2. The monoisotopic (exact) mass is 1070 g/mol. The Balaban J connectivity index is 1.14. The Kier molecular flexibility index (Phi) is 25.7. The summed E-state index contributed by atoms with van der Waals surface area (Å²) < 4.78 is 61.4. The minimum absolute atomic E-state index is 0.196. The maximum atomic E-state index is 13.6. The molecule has 75 heavy (non-hydrogen) atoms. The fraction of sp³-hybridized carbons (Fsp3) is 0.946. The van der Waals surface area contributed by atoms with Crippen molar-refractivity contribution in [3.8, 4) is 0 Å². The van der Waals surface area contributed by atoms with Crippen LogP contribution >= 0.6 is 0 Å². The van der Waals surface area contributed by atoms with E-state index in [2.05, 4.69) is 20.8 Å². The average Bonchev–Trinajstić information content (AvgIpc) is 4.30. The third kappa shape index (κ3) is 18.2. The highest BCUT2D eigenvalue weighted by molar-refractivity contribution is 5.76. The van der Waals surface area contributed by atoms with Crippen LogP contribution in [0, 0.1) is 35.5 Å². The number of esters is 3. The molecule has 3 aliphatic heterocycles. The first kappa shape index (κ1) is 62.1. The Labute approximate surface area is 447 Å². The lowest BCUT2D eigenvalue weighted by atomic mass is 9.94. The van der Waals surface area contributed by atoms with E-state index in [4.69, 9.17) is 64.6 Å². The maximum Gasteiger partial charge on any atom is 0.309 e. The zero-order valence-electron chi connectivity index (χ0n) is 46.3. The molecule has 3 saturated heterocycles. The number of unbranched alkanes of at least 4 members (excludes halogenated alkanes) is 12. The van der Waals surface area contributed by atoms with Gasteiger partial charge in [-0.05, 0) is 77.0 Å². The van der Waals surface area contributed by atoms with E-state index in [0.29, 0.717) is 6.42 Å². The zero-order valence-corrected chi connectivity index (χ0v) is 46.3. The van der Waals surface area contributed by atoms with E-state index in [1.54, 1.807) is 20.8 Å². The van der Waals surface area contributed by atoms with E-state index < -0.39 is 105 Å². The molecular weight excluding hydrogens is 971 g/mol. The van der Waals surface area contributed by atoms with Gasteiger partial charge in [-0.1, -0.05) is 117 Å². The molecule has 3 saturated carbocycles. The number of aliphatic hydroxyl groups is 3. The van der Waals surface area contributed by atoms with Crippen LogP contribution in [0.5, 0.6) is 0 Å². The Hall–Kier alpha value is -2.11. The van der Waals surface area contributed by atoms with Crippen LogP contribution in [0.25, 0.3) is 0 Å². The predicted octanol–water partition coefficient (Wildman–Crippen LogP) is 5.45. The summed E-state index contributed by atoms with van der Waals surface area (Å²) in [5, 5.41) is 35.5. The molecule has 6 fully saturated rings. The molecule has 6 rings (SSSR count). The molecular formula is C56H99N3O16. The van der Waals surface area contributed by atoms with Crippen LogP contribution < -0.4 is 17.2 Å². The van der Waals surface area contributed by atoms with Crippen LogP contribution in [0.1, 0.15) is 176 Å². The Bertz CT molecular complexity index is 1700. The first-order valence-corrected chi connectivity index (χ1v) is 29.5. The molecule has 0 aromatic rings. The van der Waals surface area contributed by atoms with E-state index >= 15 is 0 Å². The molecule has 3 heterocycles. The quantitative estimate of drug-likeness (QED) is 0.0262. The zero-order chi connectivity index (χ0) is 54.2. The minimum Gasteiger partial charge on any atom is -0.463 e. The van der Waals surface area contributed by atoms with Crippen molar-refractivity contribution in [1.82, 2.24) is 0 Å². The van der Waals surface area contributed by atoms with Crippen molar-refractivity contribution in [3.05, 3.63) is 0 Å². The molecule has 15 unspecified atom stereocenters. The van der Waals surface area contributed by atoms with E-state index in [9.17, 15) is 29.7 Å². The fourth-order valence-corrected chi connectivity index (χ4v) is 11.3. The molecule has 0 aromatic carbocycles. The van der Waals surface area contributed by atoms with Crippen molar-refractivity contribution in [2.45, 2.75) is 274 Å². The van der Waals surface area contributed by atoms with Crippen molar-refractivity contribution in [3.63, 3.8) is 0 Å². The van der Waals surface area contributed by atoms with Gasteiger partial charge in [0.05, 0.1) is 42.0 Å². The van der Waals surface area contributed by atoms with Crippen LogP contribution in [0.3, 0.4) is 0 Å². The fourth-order valence-electron chi connectivity index (χ4n) is 11.3. The number of aliphatic hydroxyl groups excluding tert-OH is 3. The standard InChI is InChI=1S/C56H99N3O16/c1-7-11-14-17-20-23-33-26-36(33)51(63)67-29-39-48(66-10-4)45(60)42(57)55(71-39)74-50-41(31-69-53(65)38-28-35(38)25-22-19-16-13-9-3)73-56(44(59)47(50)62)75-49-40(72-54(70-32(5)6)43(58)46(49)61)30-68-52(64)37-27-34(37)24-21-18-15-12-8-2/h32-50,54-56,60-62H,7-31,57-59H2,1-6H3/t33?,34?,35?,36?,37?,38?,39?,40?,41?,42?,43?,44?,45?,46?,47?,48-,49-,50-,54+,55-,56-/m0/s1. The summed E-state index contributed by atoms with van der Waals surface area (Å²) in [5.41, 5.74) is 19.9. The second-order valence-electron chi connectivity index (χ2n) is 22.9. The first-order chi connectivity index (χ1) is 36.1. The molecule has 6 aliphatic rings. The van der Waals surface area contributed by atoms with Gasteiger partial charge in [-0.15, -0.1) is 0 Å². The molecule has 0 amide bonds. The molecule has 9 N–H and O–H groups in total. The van der Waals surface area contributed by atoms with E-state index in [1.165, 1.54) is 38.5 Å². The molecule has 0 aromatic heterocycles. The van der Waals surface area contributed by atoms with Gasteiger partial charge in [0, 0.05) is 6.61 Å². The third-order valence-corrected chi connectivity index (χ3v) is 16.4. The van der Waals surface area contributed by atoms with E-state index in [-0.39, 0.29) is 73.4 Å². The molecule has 3 aliphatic carbocycles. The topological polar surface area (TPSA) is 282 Å². The Morgan fingerprint density at radius 3 is 1.15 bits per heavy atom. The highest BCUT2D eigenvalue weighted by Crippen LogP contribution is 2.46. The van der Waals surface area contributed by atoms with Crippen molar-refractivity contribution >= 4 is 17.9 Å². The normalized spacial score (nSPS) is 38.3. The minimum atomic E-state index is -1.61. The number of ether oxygens (including phenoxy) is 10. The second-order valence-corrected chi connectivity index (χ2v) is 22.9. The van der Waals surface area contributed by atoms with Crippen molar-refractivity contribution in [2.24, 2.45) is 52.7 Å². The lowest BCUT2D eigenvalue weighted by molar-refractivity contribution is -0.352. The van der Waals surface area contributed by atoms with Gasteiger partial charge in [0.1, 0.15) is 74.8 Å². The maximum absolute atomic E-state index is 13.6. The van der Waals surface area contributed by atoms with Gasteiger partial charge >= 0.3 is 17.9 Å². The summed E-state index contributed by atoms with van der Waals surface area (Å²) in [6.45, 7) is 11.1. The summed E-state index contributed by atoms with van der Waals surface area (Å²) in [6, 6.07) is -3.72. The van der Waals surface area contributed by atoms with Gasteiger partial charge in [-0.3, -0.25) is 14.4 Å². The summed E-state index contributed by atoms with van der Waals surface area (Å²) >= 11 is 0. The van der Waals surface area contributed by atoms with Crippen LogP contribution in [0.4, 0.5) is 0 Å². The van der Waals surface area contributed by atoms with Gasteiger partial charge in [-0.25, -0.2) is 0 Å². The smallest absolute Gasteiger partial charge is 0.309 e. The van der Waals surface area contributed by atoms with E-state index in [0.717, 1.165) is 89.9 Å². The van der Waals surface area contributed by atoms with Crippen LogP contribution in [-0.2, 0) is 61.8 Å². The number of hydrogen-bond acceptors (Lipinski definition) is 19. The lowest BCUT2D eigenvalue weighted by Gasteiger charge is -2.49. The van der Waals surface area contributed by atoms with Crippen molar-refractivity contribution in [1.29, 1.82) is 0 Å². The van der Waals surface area contributed by atoms with Crippen molar-refractivity contribution in [2.75, 3.05) is 26.4 Å². The summed E-state index contributed by atoms with van der Waals surface area (Å²) in [5.74, 6) is -1.06. The Morgan fingerprint density at radius 2 is 0.800 bits per heavy atom. The molecule has 0 bridgehead atoms. The predicted molar refractivity (Wildman–Crippen MR) is 277 cm³/mol. The molecule has 21 atom stereocenters. The number of hydrogen-bond donors (Lipinski definition) is 6. The van der Waals surface area contributed by atoms with Gasteiger partial charge in [0.2, 0.25) is 0 Å². The molecule has 0 spiro atoms. The average molecular weight is 1070 g/mol. The van der Waals surface area contributed by atoms with Gasteiger partial charge < -0.3 is 79.9 Å².